The molecule has 0 aromatic heterocycles. The van der Waals surface area contributed by atoms with Crippen LogP contribution in [0, 0.1) is 0 Å². The largest absolute Gasteiger partial charge is 0.497 e. The second-order valence-corrected chi connectivity index (χ2v) is 7.07. The molecule has 1 aliphatic heterocycles. The van der Waals surface area contributed by atoms with E-state index in [1.807, 2.05) is 24.3 Å². The lowest BCUT2D eigenvalue weighted by Crippen LogP contribution is -2.60. The van der Waals surface area contributed by atoms with E-state index < -0.39 is 47.7 Å². The Morgan fingerprint density at radius 1 is 1.15 bits per heavy atom. The number of aryl methyl sites for hydroxylation is 1. The molecule has 1 fully saturated rings. The number of ether oxygens (including phenoxy) is 3. The van der Waals surface area contributed by atoms with Crippen LogP contribution >= 0.6 is 0 Å². The first-order valence-corrected chi connectivity index (χ1v) is 9.64. The minimum absolute atomic E-state index is 0.114. The molecule has 0 bridgehead atoms. The second-order valence-electron chi connectivity index (χ2n) is 6.02. The third-order valence-corrected chi connectivity index (χ3v) is 4.57. The number of rotatable bonds is 9. The van der Waals surface area contributed by atoms with Crippen molar-refractivity contribution in [1.82, 2.24) is 0 Å². The van der Waals surface area contributed by atoms with Crippen molar-refractivity contribution in [2.45, 2.75) is 43.5 Å². The number of methoxy groups -OCH3 is 1. The van der Waals surface area contributed by atoms with E-state index in [0.717, 1.165) is 11.3 Å². The molecule has 27 heavy (non-hydrogen) atoms. The molecule has 2 rings (SSSR count). The van der Waals surface area contributed by atoms with Crippen molar-refractivity contribution in [3.8, 4) is 5.75 Å². The Kier molecular flexibility index (Phi) is 7.94. The summed E-state index contributed by atoms with van der Waals surface area (Å²) >= 11 is 0. The first kappa shape index (κ1) is 22.0. The van der Waals surface area contributed by atoms with E-state index in [1.54, 1.807) is 7.11 Å². The Morgan fingerprint density at radius 2 is 1.81 bits per heavy atom. The molecule has 5 atom stereocenters. The Morgan fingerprint density at radius 3 is 2.37 bits per heavy atom. The van der Waals surface area contributed by atoms with Gasteiger partial charge < -0.3 is 29.5 Å². The number of benzene rings is 1. The molecule has 4 N–H and O–H groups in total. The Labute approximate surface area is 157 Å². The molecule has 154 valence electrons. The van der Waals surface area contributed by atoms with Crippen molar-refractivity contribution in [3.05, 3.63) is 29.8 Å². The molecular formula is C16H24O10S. The quantitative estimate of drug-likeness (QED) is 0.304. The van der Waals surface area contributed by atoms with E-state index in [4.69, 9.17) is 18.8 Å². The molecule has 0 saturated carbocycles. The minimum Gasteiger partial charge on any atom is -0.497 e. The zero-order valence-electron chi connectivity index (χ0n) is 14.7. The average Bonchev–Trinajstić information content (AvgIpc) is 2.63. The van der Waals surface area contributed by atoms with Gasteiger partial charge in [0.05, 0.1) is 20.3 Å². The van der Waals surface area contributed by atoms with E-state index in [-0.39, 0.29) is 6.61 Å². The molecule has 1 heterocycles. The molecule has 0 amide bonds. The summed E-state index contributed by atoms with van der Waals surface area (Å²) in [5.74, 6) is 0.735. The molecule has 1 aromatic rings. The van der Waals surface area contributed by atoms with Crippen LogP contribution in [-0.2, 0) is 30.5 Å². The first-order valence-electron chi connectivity index (χ1n) is 8.28. The van der Waals surface area contributed by atoms with Gasteiger partial charge in [-0.15, -0.1) is 0 Å². The van der Waals surface area contributed by atoms with Gasteiger partial charge in [-0.1, -0.05) is 12.1 Å². The van der Waals surface area contributed by atoms with Gasteiger partial charge in [0, 0.05) is 0 Å². The maximum absolute atomic E-state index is 11.0. The van der Waals surface area contributed by atoms with Gasteiger partial charge in [0.15, 0.2) is 12.4 Å². The van der Waals surface area contributed by atoms with Gasteiger partial charge in [-0.2, -0.15) is 8.42 Å². The Balaban J connectivity index is 1.93. The van der Waals surface area contributed by atoms with Crippen LogP contribution in [-0.4, -0.2) is 79.3 Å². The normalized spacial score (nSPS) is 28.9. The highest BCUT2D eigenvalue weighted by Crippen LogP contribution is 2.25. The summed E-state index contributed by atoms with van der Waals surface area (Å²) in [6.07, 6.45) is -6.45. The summed E-state index contributed by atoms with van der Waals surface area (Å²) in [7, 11) is -3.35. The van der Waals surface area contributed by atoms with E-state index in [2.05, 4.69) is 4.18 Å². The van der Waals surface area contributed by atoms with E-state index in [1.165, 1.54) is 0 Å². The average molecular weight is 408 g/mol. The van der Waals surface area contributed by atoms with E-state index >= 15 is 0 Å². The number of hydrogen-bond acceptors (Lipinski definition) is 9. The fourth-order valence-electron chi connectivity index (χ4n) is 2.70. The third kappa shape index (κ3) is 6.36. The summed E-state index contributed by atoms with van der Waals surface area (Å²) in [6.45, 7) is -0.508. The molecule has 1 saturated heterocycles. The second kappa shape index (κ2) is 9.75. The molecular weight excluding hydrogens is 384 g/mol. The summed E-state index contributed by atoms with van der Waals surface area (Å²) < 4.78 is 51.0. The first-order chi connectivity index (χ1) is 12.7. The molecule has 11 heteroatoms. The van der Waals surface area contributed by atoms with Crippen molar-refractivity contribution in [2.24, 2.45) is 0 Å². The minimum atomic E-state index is -4.92. The van der Waals surface area contributed by atoms with Crippen molar-refractivity contribution in [2.75, 3.05) is 20.3 Å². The zero-order chi connectivity index (χ0) is 20.0. The summed E-state index contributed by atoms with van der Waals surface area (Å²) in [5.41, 5.74) is 1.03. The van der Waals surface area contributed by atoms with Crippen LogP contribution in [0.15, 0.2) is 24.3 Å². The van der Waals surface area contributed by atoms with Crippen molar-refractivity contribution >= 4 is 10.4 Å². The summed E-state index contributed by atoms with van der Waals surface area (Å²) in [5, 5.41) is 29.1. The van der Waals surface area contributed by atoms with Gasteiger partial charge >= 0.3 is 10.4 Å². The van der Waals surface area contributed by atoms with Crippen LogP contribution in [0.5, 0.6) is 5.75 Å². The number of hydrogen-bond donors (Lipinski definition) is 4. The summed E-state index contributed by atoms with van der Waals surface area (Å²) in [6, 6.07) is 7.42. The fourth-order valence-corrected chi connectivity index (χ4v) is 3.19. The lowest BCUT2D eigenvalue weighted by atomic mass is 9.99. The molecule has 1 aliphatic rings. The van der Waals surface area contributed by atoms with Crippen molar-refractivity contribution < 1.29 is 46.7 Å². The molecule has 0 spiro atoms. The predicted molar refractivity (Wildman–Crippen MR) is 91.4 cm³/mol. The van der Waals surface area contributed by atoms with Gasteiger partial charge in [0.2, 0.25) is 0 Å². The van der Waals surface area contributed by atoms with Crippen molar-refractivity contribution in [3.63, 3.8) is 0 Å². The van der Waals surface area contributed by atoms with E-state index in [0.29, 0.717) is 12.8 Å². The standard InChI is InChI=1S/C16H24O10S/c1-23-11-6-4-10(5-7-11)3-2-8-24-16-15(26-27(20,21)22)14(19)13(18)12(9-17)25-16/h4-7,12-19H,2-3,8-9H2,1H3,(H,20,21,22). The van der Waals surface area contributed by atoms with Crippen LogP contribution in [0.25, 0.3) is 0 Å². The van der Waals surface area contributed by atoms with Gasteiger partial charge in [-0.3, -0.25) is 4.55 Å². The van der Waals surface area contributed by atoms with Crippen LogP contribution in [0.2, 0.25) is 0 Å². The van der Waals surface area contributed by atoms with E-state index in [9.17, 15) is 23.7 Å². The highest BCUT2D eigenvalue weighted by atomic mass is 32.3. The smallest absolute Gasteiger partial charge is 0.397 e. The van der Waals surface area contributed by atoms with Crippen LogP contribution < -0.4 is 4.74 Å². The molecule has 0 radical (unpaired) electrons. The maximum Gasteiger partial charge on any atom is 0.397 e. The summed E-state index contributed by atoms with van der Waals surface area (Å²) in [4.78, 5) is 0. The number of aliphatic hydroxyl groups excluding tert-OH is 3. The van der Waals surface area contributed by atoms with Crippen LogP contribution in [0.3, 0.4) is 0 Å². The van der Waals surface area contributed by atoms with Gasteiger partial charge in [0.25, 0.3) is 0 Å². The van der Waals surface area contributed by atoms with Gasteiger partial charge in [-0.05, 0) is 30.5 Å². The molecule has 0 aliphatic carbocycles. The fraction of sp³-hybridized carbons (Fsp3) is 0.625. The Hall–Kier alpha value is -1.31. The van der Waals surface area contributed by atoms with Gasteiger partial charge in [-0.25, -0.2) is 4.18 Å². The lowest BCUT2D eigenvalue weighted by Gasteiger charge is -2.40. The topological polar surface area (TPSA) is 152 Å². The monoisotopic (exact) mass is 408 g/mol. The predicted octanol–water partition coefficient (Wildman–Crippen LogP) is -0.729. The number of aliphatic hydroxyl groups is 3. The lowest BCUT2D eigenvalue weighted by molar-refractivity contribution is -0.295. The van der Waals surface area contributed by atoms with Crippen molar-refractivity contribution in [1.29, 1.82) is 0 Å². The van der Waals surface area contributed by atoms with Crippen LogP contribution in [0.4, 0.5) is 0 Å². The molecule has 1 aromatic carbocycles. The zero-order valence-corrected chi connectivity index (χ0v) is 15.5. The SMILES string of the molecule is COc1ccc(CCCOC2OC(CO)C(O)C(O)C2OS(=O)(=O)O)cc1. The van der Waals surface area contributed by atoms with Crippen LogP contribution in [0.1, 0.15) is 12.0 Å². The van der Waals surface area contributed by atoms with Gasteiger partial charge in [0.1, 0.15) is 24.1 Å². The maximum atomic E-state index is 11.0. The molecule has 5 unspecified atom stereocenters. The highest BCUT2D eigenvalue weighted by Gasteiger charge is 2.47. The third-order valence-electron chi connectivity index (χ3n) is 4.11. The highest BCUT2D eigenvalue weighted by molar-refractivity contribution is 7.80. The Bertz CT molecular complexity index is 677. The molecule has 10 nitrogen and oxygen atoms in total.